The fraction of sp³-hybridized carbons (Fsp3) is 0.320. The summed E-state index contributed by atoms with van der Waals surface area (Å²) in [6, 6.07) is 11.1. The first-order valence-electron chi connectivity index (χ1n) is 11.6. The van der Waals surface area contributed by atoms with Crippen LogP contribution in [0, 0.1) is 23.1 Å². The van der Waals surface area contributed by atoms with Crippen LogP contribution in [-0.4, -0.2) is 58.5 Å². The number of anilines is 1. The predicted molar refractivity (Wildman–Crippen MR) is 137 cm³/mol. The number of halogens is 1. The molecule has 1 saturated heterocycles. The van der Waals surface area contributed by atoms with Crippen LogP contribution in [0.15, 0.2) is 45.6 Å². The zero-order valence-corrected chi connectivity index (χ0v) is 21.8. The van der Waals surface area contributed by atoms with Crippen LogP contribution in [0.4, 0.5) is 14.9 Å². The number of nitrogens with one attached hydrogen (secondary N) is 2. The molecule has 1 aromatic heterocycles. The van der Waals surface area contributed by atoms with Gasteiger partial charge in [0, 0.05) is 64.2 Å². The highest BCUT2D eigenvalue weighted by Crippen LogP contribution is 2.30. The zero-order chi connectivity index (χ0) is 27.6. The van der Waals surface area contributed by atoms with Crippen molar-refractivity contribution >= 4 is 33.0 Å². The van der Waals surface area contributed by atoms with Crippen molar-refractivity contribution in [2.45, 2.75) is 13.0 Å². The van der Waals surface area contributed by atoms with E-state index in [0.717, 1.165) is 0 Å². The lowest BCUT2D eigenvalue weighted by Gasteiger charge is -2.35. The Labute approximate surface area is 218 Å². The Morgan fingerprint density at radius 2 is 2.00 bits per heavy atom. The third-order valence-corrected chi connectivity index (χ3v) is 7.17. The van der Waals surface area contributed by atoms with Crippen LogP contribution >= 0.6 is 0 Å². The summed E-state index contributed by atoms with van der Waals surface area (Å²) in [5.74, 6) is -0.755. The van der Waals surface area contributed by atoms with E-state index in [-0.39, 0.29) is 40.5 Å². The van der Waals surface area contributed by atoms with Crippen LogP contribution in [0.25, 0.3) is 11.0 Å². The lowest BCUT2D eigenvalue weighted by molar-refractivity contribution is 0.127. The summed E-state index contributed by atoms with van der Waals surface area (Å²) in [6.45, 7) is 1.35. The number of hydrogen-bond acceptors (Lipinski definition) is 8. The Morgan fingerprint density at radius 1 is 1.26 bits per heavy atom. The van der Waals surface area contributed by atoms with Crippen molar-refractivity contribution in [1.82, 2.24) is 14.5 Å². The average Bonchev–Trinajstić information content (AvgIpc) is 2.84. The SMILES string of the molecule is CNS(=O)(=O)Nc1cccc(Cc2c(CN3CC(C#N)C3)c3ccc(OC(=O)N(C)C)cc3oc2=O)c1F. The molecule has 13 heteroatoms. The summed E-state index contributed by atoms with van der Waals surface area (Å²) < 4.78 is 54.0. The summed E-state index contributed by atoms with van der Waals surface area (Å²) >= 11 is 0. The van der Waals surface area contributed by atoms with E-state index in [1.54, 1.807) is 12.1 Å². The monoisotopic (exact) mass is 543 g/mol. The standard InChI is InChI=1S/C25H26FN5O6S/c1-28-38(34,35)29-21-6-4-5-16(23(21)26)9-19-20(14-31-12-15(11-27)13-31)18-8-7-17(36-25(33)30(2)3)10-22(18)37-24(19)32/h4-8,10,15,28-29H,9,12-14H2,1-3H3. The highest BCUT2D eigenvalue weighted by Gasteiger charge is 2.29. The van der Waals surface area contributed by atoms with Gasteiger partial charge in [-0.25, -0.2) is 18.7 Å². The van der Waals surface area contributed by atoms with Crippen LogP contribution in [0.2, 0.25) is 0 Å². The second-order valence-electron chi connectivity index (χ2n) is 9.05. The summed E-state index contributed by atoms with van der Waals surface area (Å²) in [5, 5.41) is 9.72. The number of likely N-dealkylation sites (tertiary alicyclic amines) is 1. The van der Waals surface area contributed by atoms with Gasteiger partial charge in [0.1, 0.15) is 11.3 Å². The first-order chi connectivity index (χ1) is 18.0. The van der Waals surface area contributed by atoms with Gasteiger partial charge in [-0.05, 0) is 29.3 Å². The van der Waals surface area contributed by atoms with Gasteiger partial charge in [-0.2, -0.15) is 13.7 Å². The Bertz CT molecular complexity index is 1590. The minimum atomic E-state index is -3.96. The number of rotatable bonds is 8. The normalized spacial score (nSPS) is 14.1. The Hall–Kier alpha value is -3.99. The third kappa shape index (κ3) is 5.77. The van der Waals surface area contributed by atoms with Crippen LogP contribution in [-0.2, 0) is 23.2 Å². The van der Waals surface area contributed by atoms with Crippen molar-refractivity contribution in [3.05, 3.63) is 69.3 Å². The number of nitriles is 1. The van der Waals surface area contributed by atoms with Gasteiger partial charge in [0.25, 0.3) is 10.2 Å². The minimum absolute atomic E-state index is 0.0873. The molecule has 0 atom stereocenters. The molecule has 1 fully saturated rings. The minimum Gasteiger partial charge on any atom is -0.422 e. The first kappa shape index (κ1) is 27.1. The lowest BCUT2D eigenvalue weighted by atomic mass is 9.95. The number of hydrogen-bond donors (Lipinski definition) is 2. The van der Waals surface area contributed by atoms with Crippen molar-refractivity contribution in [2.24, 2.45) is 5.92 Å². The number of carbonyl (C=O) groups is 1. The van der Waals surface area contributed by atoms with E-state index in [1.165, 1.54) is 50.3 Å². The van der Waals surface area contributed by atoms with Crippen LogP contribution in [0.3, 0.4) is 0 Å². The molecule has 200 valence electrons. The maximum Gasteiger partial charge on any atom is 0.414 e. The molecular formula is C25H26FN5O6S. The number of carbonyl (C=O) groups excluding carboxylic acids is 1. The molecule has 0 unspecified atom stereocenters. The van der Waals surface area contributed by atoms with Gasteiger partial charge in [-0.15, -0.1) is 0 Å². The van der Waals surface area contributed by atoms with Gasteiger partial charge in [-0.1, -0.05) is 12.1 Å². The molecule has 0 bridgehead atoms. The van der Waals surface area contributed by atoms with Crippen molar-refractivity contribution in [3.63, 3.8) is 0 Å². The lowest BCUT2D eigenvalue weighted by Crippen LogP contribution is -2.45. The van der Waals surface area contributed by atoms with E-state index in [1.807, 2.05) is 4.90 Å². The molecule has 0 radical (unpaired) electrons. The third-order valence-electron chi connectivity index (χ3n) is 6.14. The molecule has 1 aliphatic heterocycles. The van der Waals surface area contributed by atoms with E-state index < -0.39 is 27.7 Å². The molecule has 2 N–H and O–H groups in total. The Morgan fingerprint density at radius 3 is 2.66 bits per heavy atom. The molecule has 1 amide bonds. The number of nitrogens with zero attached hydrogens (tertiary/aromatic N) is 3. The molecule has 0 aliphatic carbocycles. The van der Waals surface area contributed by atoms with Crippen LogP contribution in [0.5, 0.6) is 5.75 Å². The molecule has 11 nitrogen and oxygen atoms in total. The molecule has 1 aliphatic rings. The molecule has 38 heavy (non-hydrogen) atoms. The molecule has 2 aromatic carbocycles. The molecule has 0 saturated carbocycles. The van der Waals surface area contributed by atoms with E-state index in [9.17, 15) is 18.0 Å². The molecule has 0 spiro atoms. The molecule has 4 rings (SSSR count). The van der Waals surface area contributed by atoms with Gasteiger partial charge < -0.3 is 14.1 Å². The fourth-order valence-corrected chi connectivity index (χ4v) is 4.63. The largest absolute Gasteiger partial charge is 0.422 e. The fourth-order valence-electron chi connectivity index (χ4n) is 4.08. The van der Waals surface area contributed by atoms with Crippen LogP contribution in [0.1, 0.15) is 16.7 Å². The maximum absolute atomic E-state index is 15.3. The van der Waals surface area contributed by atoms with Crippen molar-refractivity contribution in [1.29, 1.82) is 5.26 Å². The number of fused-ring (bicyclic) bond motifs is 1. The van der Waals surface area contributed by atoms with Crippen molar-refractivity contribution in [3.8, 4) is 11.8 Å². The Balaban J connectivity index is 1.77. The van der Waals surface area contributed by atoms with Crippen LogP contribution < -0.4 is 19.8 Å². The van der Waals surface area contributed by atoms with Gasteiger partial charge in [0.2, 0.25) is 0 Å². The maximum atomic E-state index is 15.3. The summed E-state index contributed by atoms with van der Waals surface area (Å²) in [4.78, 5) is 28.4. The molecule has 2 heterocycles. The number of benzene rings is 2. The van der Waals surface area contributed by atoms with E-state index in [2.05, 4.69) is 15.5 Å². The summed E-state index contributed by atoms with van der Waals surface area (Å²) in [6.07, 6.45) is -0.766. The van der Waals surface area contributed by atoms with E-state index in [0.29, 0.717) is 30.6 Å². The smallest absolute Gasteiger partial charge is 0.414 e. The predicted octanol–water partition coefficient (Wildman–Crippen LogP) is 2.41. The van der Waals surface area contributed by atoms with Gasteiger partial charge in [0.05, 0.1) is 17.7 Å². The highest BCUT2D eigenvalue weighted by molar-refractivity contribution is 7.90. The summed E-state index contributed by atoms with van der Waals surface area (Å²) in [5.41, 5.74) is 0.0784. The topological polar surface area (TPSA) is 145 Å². The van der Waals surface area contributed by atoms with E-state index >= 15 is 4.39 Å². The number of ether oxygens (including phenoxy) is 1. The Kier molecular flexibility index (Phi) is 7.68. The second kappa shape index (κ2) is 10.8. The van der Waals surface area contributed by atoms with Gasteiger partial charge in [0.15, 0.2) is 5.82 Å². The number of amides is 1. The van der Waals surface area contributed by atoms with E-state index in [4.69, 9.17) is 14.4 Å². The van der Waals surface area contributed by atoms with Gasteiger partial charge in [-0.3, -0.25) is 9.62 Å². The molecular weight excluding hydrogens is 517 g/mol. The highest BCUT2D eigenvalue weighted by atomic mass is 32.2. The quantitative estimate of drug-likeness (QED) is 0.412. The second-order valence-corrected chi connectivity index (χ2v) is 10.7. The van der Waals surface area contributed by atoms with Crippen molar-refractivity contribution in [2.75, 3.05) is 39.0 Å². The summed E-state index contributed by atoms with van der Waals surface area (Å²) in [7, 11) is 0.301. The first-order valence-corrected chi connectivity index (χ1v) is 13.1. The zero-order valence-electron chi connectivity index (χ0n) is 20.9. The molecule has 3 aromatic rings. The average molecular weight is 544 g/mol. The van der Waals surface area contributed by atoms with Crippen molar-refractivity contribution < 1.29 is 26.8 Å². The van der Waals surface area contributed by atoms with Gasteiger partial charge >= 0.3 is 11.7 Å².